The number of nitrogens with one attached hydrogen (secondary N) is 1. The van der Waals surface area contributed by atoms with E-state index in [-0.39, 0.29) is 5.91 Å². The van der Waals surface area contributed by atoms with Crippen molar-refractivity contribution >= 4 is 23.2 Å². The Balaban J connectivity index is 1.95. The minimum atomic E-state index is -0.706. The summed E-state index contributed by atoms with van der Waals surface area (Å²) in [6.45, 7) is 2.90. The number of carbonyl (C=O) groups is 1. The molecule has 1 aliphatic rings. The van der Waals surface area contributed by atoms with Gasteiger partial charge in [0.1, 0.15) is 13.2 Å². The van der Waals surface area contributed by atoms with E-state index in [0.717, 1.165) is 6.42 Å². The number of anilines is 1. The Labute approximate surface area is 151 Å². The van der Waals surface area contributed by atoms with Crippen LogP contribution in [-0.4, -0.2) is 24.2 Å². The number of amides is 1. The molecule has 1 aliphatic heterocycles. The fourth-order valence-electron chi connectivity index (χ4n) is 2.75. The van der Waals surface area contributed by atoms with Gasteiger partial charge in [0.2, 0.25) is 0 Å². The number of rotatable bonds is 5. The molecular weight excluding hydrogens is 342 g/mol. The molecule has 0 bridgehead atoms. The predicted octanol–water partition coefficient (Wildman–Crippen LogP) is 4.20. The Morgan fingerprint density at radius 3 is 2.60 bits per heavy atom. The lowest BCUT2D eigenvalue weighted by Gasteiger charge is -2.23. The van der Waals surface area contributed by atoms with E-state index in [2.05, 4.69) is 5.32 Å². The Kier molecular flexibility index (Phi) is 5.46. The van der Waals surface area contributed by atoms with Crippen LogP contribution in [-0.2, 0) is 0 Å². The van der Waals surface area contributed by atoms with E-state index in [0.29, 0.717) is 53.0 Å². The van der Waals surface area contributed by atoms with Crippen molar-refractivity contribution in [3.63, 3.8) is 0 Å². The summed E-state index contributed by atoms with van der Waals surface area (Å²) in [5.74, 6) is 0.785. The van der Waals surface area contributed by atoms with Gasteiger partial charge in [-0.1, -0.05) is 37.1 Å². The van der Waals surface area contributed by atoms with Crippen LogP contribution in [0.4, 0.5) is 5.69 Å². The number of halogens is 1. The minimum Gasteiger partial charge on any atom is -0.486 e. The van der Waals surface area contributed by atoms with Crippen molar-refractivity contribution in [2.24, 2.45) is 0 Å². The summed E-state index contributed by atoms with van der Waals surface area (Å²) in [4.78, 5) is 12.6. The van der Waals surface area contributed by atoms with Gasteiger partial charge in [0.15, 0.2) is 11.5 Å². The summed E-state index contributed by atoms with van der Waals surface area (Å²) in [6, 6.07) is 10.2. The highest BCUT2D eigenvalue weighted by atomic mass is 35.5. The molecule has 1 atom stereocenters. The number of carbonyl (C=O) groups excluding carboxylic acids is 1. The highest BCUT2D eigenvalue weighted by molar-refractivity contribution is 6.34. The molecule has 25 heavy (non-hydrogen) atoms. The Bertz CT molecular complexity index is 778. The van der Waals surface area contributed by atoms with Crippen LogP contribution in [0, 0.1) is 0 Å². The van der Waals surface area contributed by atoms with Crippen LogP contribution < -0.4 is 14.8 Å². The SMILES string of the molecule is CCC[C@@H](O)c1cc2c(cc1NC(=O)c1ccccc1Cl)OCCO2. The molecule has 2 aromatic rings. The third-order valence-corrected chi connectivity index (χ3v) is 4.33. The quantitative estimate of drug-likeness (QED) is 0.837. The van der Waals surface area contributed by atoms with Gasteiger partial charge in [-0.3, -0.25) is 4.79 Å². The van der Waals surface area contributed by atoms with Crippen LogP contribution in [0.15, 0.2) is 36.4 Å². The van der Waals surface area contributed by atoms with Crippen LogP contribution in [0.5, 0.6) is 11.5 Å². The average molecular weight is 362 g/mol. The lowest BCUT2D eigenvalue weighted by atomic mass is 10.0. The van der Waals surface area contributed by atoms with Crippen molar-refractivity contribution in [1.29, 1.82) is 0 Å². The third kappa shape index (κ3) is 3.89. The molecule has 0 spiro atoms. The summed E-state index contributed by atoms with van der Waals surface area (Å²) in [7, 11) is 0. The zero-order chi connectivity index (χ0) is 17.8. The zero-order valence-corrected chi connectivity index (χ0v) is 14.7. The molecule has 5 nitrogen and oxygen atoms in total. The Morgan fingerprint density at radius 2 is 1.92 bits per heavy atom. The van der Waals surface area contributed by atoms with Crippen LogP contribution >= 0.6 is 11.6 Å². The minimum absolute atomic E-state index is 0.341. The van der Waals surface area contributed by atoms with Gasteiger partial charge in [0.25, 0.3) is 5.91 Å². The number of fused-ring (bicyclic) bond motifs is 1. The maximum Gasteiger partial charge on any atom is 0.257 e. The van der Waals surface area contributed by atoms with E-state index >= 15 is 0 Å². The molecule has 0 aliphatic carbocycles. The number of hydrogen-bond donors (Lipinski definition) is 2. The first-order valence-electron chi connectivity index (χ1n) is 8.27. The van der Waals surface area contributed by atoms with Gasteiger partial charge in [-0.2, -0.15) is 0 Å². The lowest BCUT2D eigenvalue weighted by molar-refractivity contribution is 0.102. The Morgan fingerprint density at radius 1 is 1.24 bits per heavy atom. The number of aliphatic hydroxyl groups excluding tert-OH is 1. The van der Waals surface area contributed by atoms with Crippen molar-refractivity contribution < 1.29 is 19.4 Å². The van der Waals surface area contributed by atoms with Crippen LogP contribution in [0.2, 0.25) is 5.02 Å². The van der Waals surface area contributed by atoms with Gasteiger partial charge in [-0.25, -0.2) is 0 Å². The monoisotopic (exact) mass is 361 g/mol. The molecule has 1 heterocycles. The summed E-state index contributed by atoms with van der Waals surface area (Å²) >= 11 is 6.10. The van der Waals surface area contributed by atoms with Crippen molar-refractivity contribution in [2.75, 3.05) is 18.5 Å². The second-order valence-electron chi connectivity index (χ2n) is 5.82. The first kappa shape index (κ1) is 17.6. The molecule has 0 unspecified atom stereocenters. The van der Waals surface area contributed by atoms with Gasteiger partial charge in [0.05, 0.1) is 22.4 Å². The zero-order valence-electron chi connectivity index (χ0n) is 13.9. The molecule has 2 aromatic carbocycles. The van der Waals surface area contributed by atoms with E-state index in [1.807, 2.05) is 6.92 Å². The van der Waals surface area contributed by atoms with Crippen LogP contribution in [0.1, 0.15) is 41.8 Å². The van der Waals surface area contributed by atoms with Gasteiger partial charge in [-0.15, -0.1) is 0 Å². The smallest absolute Gasteiger partial charge is 0.257 e. The molecule has 0 radical (unpaired) electrons. The second-order valence-corrected chi connectivity index (χ2v) is 6.23. The van der Waals surface area contributed by atoms with Crippen molar-refractivity contribution in [3.05, 3.63) is 52.5 Å². The lowest BCUT2D eigenvalue weighted by Crippen LogP contribution is -2.18. The second kappa shape index (κ2) is 7.76. The normalized spacial score (nSPS) is 14.0. The number of aliphatic hydroxyl groups is 1. The van der Waals surface area contributed by atoms with E-state index in [1.165, 1.54) is 0 Å². The predicted molar refractivity (Wildman–Crippen MR) is 96.7 cm³/mol. The Hall–Kier alpha value is -2.24. The standard InChI is InChI=1S/C19H20ClNO4/c1-2-5-16(22)13-10-17-18(25-9-8-24-17)11-15(13)21-19(23)12-6-3-4-7-14(12)20/h3-4,6-7,10-11,16,22H,2,5,8-9H2,1H3,(H,21,23)/t16-/m1/s1. The summed E-state index contributed by atoms with van der Waals surface area (Å²) < 4.78 is 11.2. The molecule has 0 fully saturated rings. The summed E-state index contributed by atoms with van der Waals surface area (Å²) in [5, 5.41) is 13.7. The number of ether oxygens (including phenoxy) is 2. The molecular formula is C19H20ClNO4. The maximum atomic E-state index is 12.6. The molecule has 0 saturated carbocycles. The third-order valence-electron chi connectivity index (χ3n) is 4.00. The molecule has 0 saturated heterocycles. The van der Waals surface area contributed by atoms with Crippen molar-refractivity contribution in [1.82, 2.24) is 0 Å². The summed E-state index contributed by atoms with van der Waals surface area (Å²) in [5.41, 5.74) is 1.47. The molecule has 1 amide bonds. The first-order chi connectivity index (χ1) is 12.1. The van der Waals surface area contributed by atoms with E-state index in [4.69, 9.17) is 21.1 Å². The fraction of sp³-hybridized carbons (Fsp3) is 0.316. The number of benzene rings is 2. The molecule has 6 heteroatoms. The van der Waals surface area contributed by atoms with Gasteiger partial charge in [0, 0.05) is 11.6 Å². The summed E-state index contributed by atoms with van der Waals surface area (Å²) in [6.07, 6.45) is 0.685. The topological polar surface area (TPSA) is 67.8 Å². The number of hydrogen-bond acceptors (Lipinski definition) is 4. The molecule has 132 valence electrons. The molecule has 0 aromatic heterocycles. The first-order valence-corrected chi connectivity index (χ1v) is 8.65. The van der Waals surface area contributed by atoms with E-state index in [9.17, 15) is 9.90 Å². The van der Waals surface area contributed by atoms with Gasteiger partial charge < -0.3 is 19.9 Å². The highest BCUT2D eigenvalue weighted by Gasteiger charge is 2.21. The van der Waals surface area contributed by atoms with Gasteiger partial charge >= 0.3 is 0 Å². The largest absolute Gasteiger partial charge is 0.486 e. The maximum absolute atomic E-state index is 12.6. The fourth-order valence-corrected chi connectivity index (χ4v) is 2.97. The van der Waals surface area contributed by atoms with Crippen LogP contribution in [0.3, 0.4) is 0 Å². The average Bonchev–Trinajstić information content (AvgIpc) is 2.61. The van der Waals surface area contributed by atoms with Crippen molar-refractivity contribution in [3.8, 4) is 11.5 Å². The van der Waals surface area contributed by atoms with Crippen LogP contribution in [0.25, 0.3) is 0 Å². The van der Waals surface area contributed by atoms with Gasteiger partial charge in [-0.05, 0) is 24.6 Å². The van der Waals surface area contributed by atoms with E-state index < -0.39 is 6.10 Å². The highest BCUT2D eigenvalue weighted by Crippen LogP contribution is 2.39. The van der Waals surface area contributed by atoms with E-state index in [1.54, 1.807) is 36.4 Å². The van der Waals surface area contributed by atoms with Crippen molar-refractivity contribution in [2.45, 2.75) is 25.9 Å². The molecule has 3 rings (SSSR count). The molecule has 2 N–H and O–H groups in total.